The number of hydrogen-bond donors (Lipinski definition) is 0. The Balaban J connectivity index is 1.88. The third-order valence-electron chi connectivity index (χ3n) is 3.35. The Morgan fingerprint density at radius 1 is 1.25 bits per heavy atom. The number of rotatable bonds is 0. The highest BCUT2D eigenvalue weighted by Gasteiger charge is 2.42. The number of fused-ring (bicyclic) bond motifs is 1. The molecule has 1 aliphatic carbocycles. The summed E-state index contributed by atoms with van der Waals surface area (Å²) in [5.74, 6) is 1.43. The second-order valence-electron chi connectivity index (χ2n) is 5.97. The van der Waals surface area contributed by atoms with Crippen LogP contribution in [0.5, 0.6) is 0 Å². The number of carbonyl (C=O) groups excluding carboxylic acids is 1. The summed E-state index contributed by atoms with van der Waals surface area (Å²) in [7, 11) is 0. The van der Waals surface area contributed by atoms with Crippen molar-refractivity contribution in [2.75, 3.05) is 13.1 Å². The molecule has 2 fully saturated rings. The minimum atomic E-state index is -0.374. The molecular weight excluding hydrogens is 317 g/mol. The van der Waals surface area contributed by atoms with E-state index in [1.807, 2.05) is 25.7 Å². The van der Waals surface area contributed by atoms with E-state index in [4.69, 9.17) is 4.74 Å². The van der Waals surface area contributed by atoms with Crippen LogP contribution in [0.25, 0.3) is 0 Å². The molecule has 0 N–H and O–H groups in total. The van der Waals surface area contributed by atoms with Gasteiger partial charge in [-0.1, -0.05) is 22.6 Å². The molecule has 2 rings (SSSR count). The number of halogens is 1. The predicted octanol–water partition coefficient (Wildman–Crippen LogP) is 3.07. The van der Waals surface area contributed by atoms with Crippen molar-refractivity contribution in [2.45, 2.75) is 43.1 Å². The SMILES string of the molecule is CC(C)(C)OC(=O)N1CC2CC(I)C[C@H]2C1. The van der Waals surface area contributed by atoms with Gasteiger partial charge in [0.25, 0.3) is 0 Å². The van der Waals surface area contributed by atoms with Gasteiger partial charge < -0.3 is 9.64 Å². The summed E-state index contributed by atoms with van der Waals surface area (Å²) in [4.78, 5) is 13.8. The van der Waals surface area contributed by atoms with E-state index in [0.29, 0.717) is 0 Å². The minimum absolute atomic E-state index is 0.132. The zero-order valence-electron chi connectivity index (χ0n) is 10.2. The summed E-state index contributed by atoms with van der Waals surface area (Å²) >= 11 is 2.53. The van der Waals surface area contributed by atoms with Crippen LogP contribution in [0.2, 0.25) is 0 Å². The molecule has 3 nitrogen and oxygen atoms in total. The third-order valence-corrected chi connectivity index (χ3v) is 4.36. The van der Waals surface area contributed by atoms with Gasteiger partial charge in [-0.05, 0) is 45.4 Å². The van der Waals surface area contributed by atoms with Crippen LogP contribution in [0.3, 0.4) is 0 Å². The van der Waals surface area contributed by atoms with Crippen molar-refractivity contribution >= 4 is 28.7 Å². The lowest BCUT2D eigenvalue weighted by Gasteiger charge is -2.25. The Labute approximate surface area is 111 Å². The largest absolute Gasteiger partial charge is 0.444 e. The minimum Gasteiger partial charge on any atom is -0.444 e. The lowest BCUT2D eigenvalue weighted by Crippen LogP contribution is -2.36. The van der Waals surface area contributed by atoms with E-state index in [1.165, 1.54) is 12.8 Å². The van der Waals surface area contributed by atoms with Gasteiger partial charge in [-0.3, -0.25) is 0 Å². The van der Waals surface area contributed by atoms with Crippen LogP contribution in [0.1, 0.15) is 33.6 Å². The lowest BCUT2D eigenvalue weighted by atomic mass is 10.0. The van der Waals surface area contributed by atoms with Crippen LogP contribution >= 0.6 is 22.6 Å². The van der Waals surface area contributed by atoms with E-state index in [9.17, 15) is 4.79 Å². The fourth-order valence-electron chi connectivity index (χ4n) is 2.70. The molecule has 1 aliphatic heterocycles. The van der Waals surface area contributed by atoms with Gasteiger partial charge >= 0.3 is 6.09 Å². The number of hydrogen-bond acceptors (Lipinski definition) is 2. The molecule has 2 unspecified atom stereocenters. The van der Waals surface area contributed by atoms with Gasteiger partial charge in [-0.15, -0.1) is 0 Å². The Hall–Kier alpha value is 0. The number of carbonyl (C=O) groups is 1. The van der Waals surface area contributed by atoms with Gasteiger partial charge in [0.15, 0.2) is 0 Å². The lowest BCUT2D eigenvalue weighted by molar-refractivity contribution is 0.0281. The molecule has 1 saturated heterocycles. The maximum atomic E-state index is 11.9. The topological polar surface area (TPSA) is 29.5 Å². The summed E-state index contributed by atoms with van der Waals surface area (Å²) in [6, 6.07) is 0. The first-order chi connectivity index (χ1) is 7.35. The van der Waals surface area contributed by atoms with E-state index in [-0.39, 0.29) is 11.7 Å². The average molecular weight is 337 g/mol. The molecule has 1 amide bonds. The summed E-state index contributed by atoms with van der Waals surface area (Å²) in [6.07, 6.45) is 2.40. The van der Waals surface area contributed by atoms with Crippen LogP contribution in [-0.2, 0) is 4.74 Å². The molecule has 0 aromatic heterocycles. The molecule has 2 aliphatic rings. The number of alkyl halides is 1. The van der Waals surface area contributed by atoms with E-state index in [1.54, 1.807) is 0 Å². The van der Waals surface area contributed by atoms with Crippen molar-refractivity contribution < 1.29 is 9.53 Å². The smallest absolute Gasteiger partial charge is 0.410 e. The molecule has 4 heteroatoms. The average Bonchev–Trinajstić information content (AvgIpc) is 2.56. The molecular formula is C12H20INO2. The van der Waals surface area contributed by atoms with Crippen molar-refractivity contribution in [3.63, 3.8) is 0 Å². The molecule has 0 aromatic rings. The van der Waals surface area contributed by atoms with Crippen molar-refractivity contribution in [3.05, 3.63) is 0 Å². The van der Waals surface area contributed by atoms with Crippen molar-refractivity contribution in [3.8, 4) is 0 Å². The molecule has 0 aromatic carbocycles. The van der Waals surface area contributed by atoms with Gasteiger partial charge in [0.2, 0.25) is 0 Å². The summed E-state index contributed by atoms with van der Waals surface area (Å²) < 4.78 is 6.21. The third kappa shape index (κ3) is 2.81. The van der Waals surface area contributed by atoms with Gasteiger partial charge in [-0.2, -0.15) is 0 Å². The first kappa shape index (κ1) is 12.5. The van der Waals surface area contributed by atoms with Gasteiger partial charge in [0.1, 0.15) is 5.60 Å². The first-order valence-electron chi connectivity index (χ1n) is 5.97. The maximum Gasteiger partial charge on any atom is 0.410 e. The Bertz CT molecular complexity index is 273. The monoisotopic (exact) mass is 337 g/mol. The van der Waals surface area contributed by atoms with E-state index in [0.717, 1.165) is 28.8 Å². The van der Waals surface area contributed by atoms with E-state index in [2.05, 4.69) is 22.6 Å². The Morgan fingerprint density at radius 3 is 2.19 bits per heavy atom. The number of likely N-dealkylation sites (tertiary alicyclic amines) is 1. The highest BCUT2D eigenvalue weighted by Crippen LogP contribution is 2.41. The first-order valence-corrected chi connectivity index (χ1v) is 7.22. The van der Waals surface area contributed by atoms with Crippen molar-refractivity contribution in [1.82, 2.24) is 4.90 Å². The highest BCUT2D eigenvalue weighted by atomic mass is 127. The van der Waals surface area contributed by atoms with Crippen LogP contribution < -0.4 is 0 Å². The molecule has 0 spiro atoms. The summed E-state index contributed by atoms with van der Waals surface area (Å²) in [5.41, 5.74) is -0.374. The number of nitrogens with zero attached hydrogens (tertiary/aromatic N) is 1. The second-order valence-corrected chi connectivity index (χ2v) is 7.74. The summed E-state index contributed by atoms with van der Waals surface area (Å²) in [6.45, 7) is 7.56. The van der Waals surface area contributed by atoms with Crippen LogP contribution in [0.4, 0.5) is 4.79 Å². The van der Waals surface area contributed by atoms with Crippen LogP contribution in [-0.4, -0.2) is 33.6 Å². The fourth-order valence-corrected chi connectivity index (χ4v) is 4.01. The van der Waals surface area contributed by atoms with Crippen LogP contribution in [0, 0.1) is 11.8 Å². The Morgan fingerprint density at radius 2 is 1.75 bits per heavy atom. The molecule has 16 heavy (non-hydrogen) atoms. The van der Waals surface area contributed by atoms with E-state index < -0.39 is 0 Å². The maximum absolute atomic E-state index is 11.9. The molecule has 1 saturated carbocycles. The second kappa shape index (κ2) is 4.35. The standard InChI is InChI=1S/C12H20INO2/c1-12(2,3)16-11(15)14-6-8-4-10(13)5-9(8)7-14/h8-10H,4-7H2,1-3H3/t8-,9?,10?/m0/s1. The Kier molecular flexibility index (Phi) is 3.39. The molecule has 92 valence electrons. The van der Waals surface area contributed by atoms with Crippen molar-refractivity contribution in [1.29, 1.82) is 0 Å². The van der Waals surface area contributed by atoms with Gasteiger partial charge in [0.05, 0.1) is 0 Å². The number of ether oxygens (including phenoxy) is 1. The van der Waals surface area contributed by atoms with Gasteiger partial charge in [0, 0.05) is 17.0 Å². The molecule has 1 heterocycles. The predicted molar refractivity (Wildman–Crippen MR) is 71.8 cm³/mol. The summed E-state index contributed by atoms with van der Waals surface area (Å²) in [5, 5.41) is 0. The van der Waals surface area contributed by atoms with Gasteiger partial charge in [-0.25, -0.2) is 4.79 Å². The highest BCUT2D eigenvalue weighted by molar-refractivity contribution is 14.1. The number of amides is 1. The zero-order chi connectivity index (χ0) is 11.9. The zero-order valence-corrected chi connectivity index (χ0v) is 12.4. The quantitative estimate of drug-likeness (QED) is 0.502. The fraction of sp³-hybridized carbons (Fsp3) is 0.917. The molecule has 0 bridgehead atoms. The normalized spacial score (nSPS) is 34.0. The van der Waals surface area contributed by atoms with Crippen LogP contribution in [0.15, 0.2) is 0 Å². The molecule has 0 radical (unpaired) electrons. The van der Waals surface area contributed by atoms with E-state index >= 15 is 0 Å². The molecule has 3 atom stereocenters. The van der Waals surface area contributed by atoms with Crippen molar-refractivity contribution in [2.24, 2.45) is 11.8 Å².